The smallest absolute Gasteiger partial charge is 0.160 e. The molecule has 1 nitrogen and oxygen atoms in total. The zero-order valence-corrected chi connectivity index (χ0v) is 8.98. The van der Waals surface area contributed by atoms with Crippen molar-refractivity contribution in [2.24, 2.45) is 0 Å². The summed E-state index contributed by atoms with van der Waals surface area (Å²) in [5.74, 6) is 0. The zero-order valence-electron chi connectivity index (χ0n) is 8.16. The molecule has 0 atom stereocenters. The lowest BCUT2D eigenvalue weighted by Crippen LogP contribution is -1.94. The topological polar surface area (TPSA) is 17.1 Å². The second kappa shape index (κ2) is 4.56. The summed E-state index contributed by atoms with van der Waals surface area (Å²) in [7, 11) is 0. The first-order valence-corrected chi connectivity index (χ1v) is 5.97. The molecule has 0 unspecified atom stereocenters. The molecule has 1 aromatic heterocycles. The maximum Gasteiger partial charge on any atom is 0.160 e. The highest BCUT2D eigenvalue weighted by Gasteiger charge is 2.06. The molecule has 0 aromatic carbocycles. The van der Waals surface area contributed by atoms with Gasteiger partial charge in [0.2, 0.25) is 0 Å². The van der Waals surface area contributed by atoms with Gasteiger partial charge < -0.3 is 0 Å². The van der Waals surface area contributed by atoms with E-state index in [9.17, 15) is 4.79 Å². The minimum atomic E-state index is 0.844. The van der Waals surface area contributed by atoms with Crippen LogP contribution in [0, 0.1) is 0 Å². The van der Waals surface area contributed by atoms with E-state index < -0.39 is 0 Å². The van der Waals surface area contributed by atoms with E-state index in [4.69, 9.17) is 0 Å². The van der Waals surface area contributed by atoms with Crippen molar-refractivity contribution in [3.05, 3.63) is 33.5 Å². The number of aldehydes is 1. The predicted octanol–water partition coefficient (Wildman–Crippen LogP) is 3.60. The molecule has 1 aromatic rings. The summed E-state index contributed by atoms with van der Waals surface area (Å²) in [6.45, 7) is 0. The van der Waals surface area contributed by atoms with Crippen LogP contribution >= 0.6 is 11.3 Å². The van der Waals surface area contributed by atoms with E-state index in [1.54, 1.807) is 16.9 Å². The number of hydrogen-bond acceptors (Lipinski definition) is 2. The molecule has 1 aliphatic carbocycles. The summed E-state index contributed by atoms with van der Waals surface area (Å²) in [4.78, 5) is 11.4. The highest BCUT2D eigenvalue weighted by atomic mass is 32.1. The van der Waals surface area contributed by atoms with Gasteiger partial charge in [0.1, 0.15) is 0 Å². The molecule has 1 heterocycles. The number of hydrogen-bond donors (Lipinski definition) is 0. The number of carbonyl (C=O) groups excluding carboxylic acids is 1. The van der Waals surface area contributed by atoms with E-state index in [1.807, 2.05) is 6.07 Å². The summed E-state index contributed by atoms with van der Waals surface area (Å²) >= 11 is 1.54. The van der Waals surface area contributed by atoms with E-state index in [0.29, 0.717) is 0 Å². The van der Waals surface area contributed by atoms with Crippen molar-refractivity contribution in [1.29, 1.82) is 0 Å². The molecule has 1 aliphatic rings. The molecule has 0 bridgehead atoms. The quantitative estimate of drug-likeness (QED) is 0.545. The van der Waals surface area contributed by atoms with E-state index >= 15 is 0 Å². The zero-order chi connectivity index (χ0) is 9.80. The van der Waals surface area contributed by atoms with Crippen LogP contribution in [0.5, 0.6) is 0 Å². The molecule has 0 N–H and O–H groups in total. The average molecular weight is 206 g/mol. The molecule has 2 rings (SSSR count). The second-order valence-corrected chi connectivity index (χ2v) is 4.70. The Morgan fingerprint density at radius 3 is 3.00 bits per heavy atom. The third kappa shape index (κ3) is 2.32. The Morgan fingerprint density at radius 1 is 1.43 bits per heavy atom. The van der Waals surface area contributed by atoms with Crippen LogP contribution in [0.2, 0.25) is 0 Å². The van der Waals surface area contributed by atoms with Crippen LogP contribution in [0.4, 0.5) is 0 Å². The molecule has 14 heavy (non-hydrogen) atoms. The van der Waals surface area contributed by atoms with E-state index in [-0.39, 0.29) is 0 Å². The Bertz CT molecular complexity index is 349. The molecule has 0 fully saturated rings. The van der Waals surface area contributed by atoms with Crippen molar-refractivity contribution in [3.8, 4) is 0 Å². The highest BCUT2D eigenvalue weighted by molar-refractivity contribution is 7.11. The Balaban J connectivity index is 2.02. The summed E-state index contributed by atoms with van der Waals surface area (Å²) in [6, 6.07) is 2.01. The van der Waals surface area contributed by atoms with Crippen molar-refractivity contribution in [2.75, 3.05) is 0 Å². The van der Waals surface area contributed by atoms with Crippen LogP contribution in [0.25, 0.3) is 0 Å². The normalized spacial score (nSPS) is 16.4. The van der Waals surface area contributed by atoms with Gasteiger partial charge in [-0.25, -0.2) is 0 Å². The van der Waals surface area contributed by atoms with Gasteiger partial charge in [0, 0.05) is 0 Å². The molecular formula is C12H14OS. The molecule has 74 valence electrons. The van der Waals surface area contributed by atoms with E-state index in [1.165, 1.54) is 31.2 Å². The fraction of sp³-hybridized carbons (Fsp3) is 0.417. The number of rotatable bonds is 3. The van der Waals surface area contributed by atoms with Gasteiger partial charge in [-0.15, -0.1) is 11.3 Å². The van der Waals surface area contributed by atoms with Gasteiger partial charge in [0.25, 0.3) is 0 Å². The van der Waals surface area contributed by atoms with Crippen LogP contribution in [0.1, 0.15) is 40.9 Å². The number of thiophene rings is 1. The fourth-order valence-corrected chi connectivity index (χ4v) is 2.59. The summed E-state index contributed by atoms with van der Waals surface area (Å²) < 4.78 is 0. The average Bonchev–Trinajstić information content (AvgIpc) is 2.67. The van der Waals surface area contributed by atoms with Gasteiger partial charge in [0.15, 0.2) is 6.29 Å². The Morgan fingerprint density at radius 2 is 2.36 bits per heavy atom. The predicted molar refractivity (Wildman–Crippen MR) is 60.0 cm³/mol. The van der Waals surface area contributed by atoms with Gasteiger partial charge in [-0.1, -0.05) is 11.6 Å². The number of carbonyl (C=O) groups is 1. The summed E-state index contributed by atoms with van der Waals surface area (Å²) in [6.07, 6.45) is 9.49. The molecule has 0 spiro atoms. The first kappa shape index (κ1) is 9.66. The number of allylic oxidation sites excluding steroid dienone is 2. The molecule has 2 heteroatoms. The maximum absolute atomic E-state index is 10.5. The second-order valence-electron chi connectivity index (χ2n) is 3.76. The summed E-state index contributed by atoms with van der Waals surface area (Å²) in [5.41, 5.74) is 2.84. The molecule has 0 amide bonds. The lowest BCUT2D eigenvalue weighted by molar-refractivity contribution is 0.112. The minimum absolute atomic E-state index is 0.844. The van der Waals surface area contributed by atoms with Crippen LogP contribution < -0.4 is 0 Å². The van der Waals surface area contributed by atoms with Crippen molar-refractivity contribution in [3.63, 3.8) is 0 Å². The Labute approximate surface area is 88.5 Å². The fourth-order valence-electron chi connectivity index (χ4n) is 1.88. The van der Waals surface area contributed by atoms with Gasteiger partial charge in [0.05, 0.1) is 4.88 Å². The Kier molecular flexibility index (Phi) is 3.14. The largest absolute Gasteiger partial charge is 0.297 e. The van der Waals surface area contributed by atoms with Crippen molar-refractivity contribution in [2.45, 2.75) is 32.1 Å². The third-order valence-corrected chi connectivity index (χ3v) is 3.51. The molecule has 0 radical (unpaired) electrons. The van der Waals surface area contributed by atoms with Crippen molar-refractivity contribution < 1.29 is 4.79 Å². The van der Waals surface area contributed by atoms with E-state index in [0.717, 1.165) is 17.6 Å². The van der Waals surface area contributed by atoms with Gasteiger partial charge >= 0.3 is 0 Å². The minimum Gasteiger partial charge on any atom is -0.297 e. The first-order chi connectivity index (χ1) is 6.88. The van der Waals surface area contributed by atoms with Gasteiger partial charge in [-0.3, -0.25) is 4.79 Å². The Hall–Kier alpha value is -0.890. The SMILES string of the molecule is O=Cc1cc(CC2=CCCCC2)cs1. The lowest BCUT2D eigenvalue weighted by Gasteiger charge is -2.11. The first-order valence-electron chi connectivity index (χ1n) is 5.09. The third-order valence-electron chi connectivity index (χ3n) is 2.61. The monoisotopic (exact) mass is 206 g/mol. The summed E-state index contributed by atoms with van der Waals surface area (Å²) in [5, 5.41) is 2.10. The molecule has 0 aliphatic heterocycles. The molecule has 0 saturated heterocycles. The van der Waals surface area contributed by atoms with Crippen LogP contribution in [0.15, 0.2) is 23.1 Å². The van der Waals surface area contributed by atoms with Crippen LogP contribution in [0.3, 0.4) is 0 Å². The molecule has 0 saturated carbocycles. The lowest BCUT2D eigenvalue weighted by atomic mass is 9.95. The van der Waals surface area contributed by atoms with Crippen molar-refractivity contribution >= 4 is 17.6 Å². The standard InChI is InChI=1S/C12H14OS/c13-8-12-7-11(9-14-12)6-10-4-2-1-3-5-10/h4,7-9H,1-3,5-6H2. The van der Waals surface area contributed by atoms with Crippen molar-refractivity contribution in [1.82, 2.24) is 0 Å². The van der Waals surface area contributed by atoms with Crippen LogP contribution in [-0.4, -0.2) is 6.29 Å². The van der Waals surface area contributed by atoms with Gasteiger partial charge in [-0.2, -0.15) is 0 Å². The van der Waals surface area contributed by atoms with E-state index in [2.05, 4.69) is 11.5 Å². The highest BCUT2D eigenvalue weighted by Crippen LogP contribution is 2.23. The van der Waals surface area contributed by atoms with Gasteiger partial charge in [-0.05, 0) is 49.1 Å². The maximum atomic E-state index is 10.5. The van der Waals surface area contributed by atoms with Crippen LogP contribution in [-0.2, 0) is 6.42 Å². The molecular weight excluding hydrogens is 192 g/mol.